The van der Waals surface area contributed by atoms with Crippen molar-refractivity contribution in [3.63, 3.8) is 0 Å². The molecule has 0 amide bonds. The Morgan fingerprint density at radius 3 is 1.82 bits per heavy atom. The van der Waals surface area contributed by atoms with Crippen LogP contribution in [-0.4, -0.2) is 35.5 Å². The van der Waals surface area contributed by atoms with Gasteiger partial charge in [-0.1, -0.05) is 24.3 Å². The quantitative estimate of drug-likeness (QED) is 0.581. The lowest BCUT2D eigenvalue weighted by atomic mass is 9.70. The number of rotatable bonds is 7. The molecule has 0 spiro atoms. The average molecular weight is 403 g/mol. The highest BCUT2D eigenvalue weighted by atomic mass is 32.2. The maximum absolute atomic E-state index is 12.8. The van der Waals surface area contributed by atoms with Gasteiger partial charge in [0.25, 0.3) is 0 Å². The SMILES string of the molecule is CSc1ccc(C(CNCC(F)(F)F)(c2cccnc2)c2cccnc2)cc1. The van der Waals surface area contributed by atoms with Crippen molar-refractivity contribution in [2.24, 2.45) is 0 Å². The molecule has 0 unspecified atom stereocenters. The molecule has 0 bridgehead atoms. The molecule has 0 fully saturated rings. The molecule has 0 atom stereocenters. The first-order valence-corrected chi connectivity index (χ1v) is 9.91. The monoisotopic (exact) mass is 403 g/mol. The number of alkyl halides is 3. The highest BCUT2D eigenvalue weighted by molar-refractivity contribution is 7.98. The molecule has 0 aliphatic carbocycles. The maximum atomic E-state index is 12.8. The van der Waals surface area contributed by atoms with Crippen LogP contribution >= 0.6 is 11.8 Å². The molecule has 0 saturated carbocycles. The van der Waals surface area contributed by atoms with Crippen molar-refractivity contribution in [3.8, 4) is 0 Å². The van der Waals surface area contributed by atoms with Gasteiger partial charge in [0.2, 0.25) is 0 Å². The summed E-state index contributed by atoms with van der Waals surface area (Å²) in [6.07, 6.45) is 4.39. The zero-order chi connectivity index (χ0) is 20.0. The van der Waals surface area contributed by atoms with Crippen molar-refractivity contribution in [2.75, 3.05) is 19.3 Å². The molecule has 28 heavy (non-hydrogen) atoms. The summed E-state index contributed by atoms with van der Waals surface area (Å²) in [4.78, 5) is 9.52. The molecule has 2 aromatic heterocycles. The molecule has 3 rings (SSSR count). The number of hydrogen-bond acceptors (Lipinski definition) is 4. The second kappa shape index (κ2) is 8.75. The minimum absolute atomic E-state index is 0.0580. The molecule has 1 N–H and O–H groups in total. The second-order valence-corrected chi connectivity index (χ2v) is 7.22. The number of nitrogens with one attached hydrogen (secondary N) is 1. The average Bonchev–Trinajstić information content (AvgIpc) is 2.72. The lowest BCUT2D eigenvalue weighted by Crippen LogP contribution is -2.43. The summed E-state index contributed by atoms with van der Waals surface area (Å²) in [7, 11) is 0. The molecule has 7 heteroatoms. The van der Waals surface area contributed by atoms with Gasteiger partial charge in [-0.25, -0.2) is 0 Å². The van der Waals surface area contributed by atoms with Crippen molar-refractivity contribution in [3.05, 3.63) is 90.0 Å². The first-order chi connectivity index (χ1) is 13.5. The van der Waals surface area contributed by atoms with E-state index in [2.05, 4.69) is 15.3 Å². The van der Waals surface area contributed by atoms with Crippen LogP contribution in [0.2, 0.25) is 0 Å². The number of benzene rings is 1. The number of halogens is 3. The summed E-state index contributed by atoms with van der Waals surface area (Å²) in [5.74, 6) is 0. The molecule has 0 radical (unpaired) electrons. The number of hydrogen-bond donors (Lipinski definition) is 1. The van der Waals surface area contributed by atoms with Crippen LogP contribution in [-0.2, 0) is 5.41 Å². The second-order valence-electron chi connectivity index (χ2n) is 6.34. The summed E-state index contributed by atoms with van der Waals surface area (Å²) >= 11 is 1.61. The molecule has 0 aliphatic heterocycles. The van der Waals surface area contributed by atoms with E-state index >= 15 is 0 Å². The Balaban J connectivity index is 2.16. The van der Waals surface area contributed by atoms with Crippen LogP contribution in [0.5, 0.6) is 0 Å². The van der Waals surface area contributed by atoms with E-state index in [9.17, 15) is 13.2 Å². The Morgan fingerprint density at radius 2 is 1.39 bits per heavy atom. The van der Waals surface area contributed by atoms with Crippen molar-refractivity contribution in [2.45, 2.75) is 16.5 Å². The molecular weight excluding hydrogens is 383 g/mol. The smallest absolute Gasteiger partial charge is 0.307 e. The van der Waals surface area contributed by atoms with Crippen LogP contribution in [0.3, 0.4) is 0 Å². The van der Waals surface area contributed by atoms with Gasteiger partial charge in [0.15, 0.2) is 0 Å². The Hall–Kier alpha value is -2.38. The fourth-order valence-electron chi connectivity index (χ4n) is 3.30. The highest BCUT2D eigenvalue weighted by Crippen LogP contribution is 2.39. The minimum atomic E-state index is -4.29. The molecule has 3 nitrogen and oxygen atoms in total. The number of nitrogens with zero attached hydrogens (tertiary/aromatic N) is 2. The molecular formula is C21H20F3N3S. The van der Waals surface area contributed by atoms with Crippen LogP contribution in [0.25, 0.3) is 0 Å². The Bertz CT molecular complexity index is 829. The van der Waals surface area contributed by atoms with Gasteiger partial charge >= 0.3 is 6.18 Å². The number of pyridine rings is 2. The predicted molar refractivity (Wildman–Crippen MR) is 106 cm³/mol. The predicted octanol–water partition coefficient (Wildman–Crippen LogP) is 4.68. The fraction of sp³-hybridized carbons (Fsp3) is 0.238. The molecule has 0 saturated heterocycles. The van der Waals surface area contributed by atoms with E-state index in [1.165, 1.54) is 0 Å². The van der Waals surface area contributed by atoms with E-state index in [1.807, 2.05) is 42.7 Å². The number of thioether (sulfide) groups is 1. The van der Waals surface area contributed by atoms with Crippen LogP contribution in [0.1, 0.15) is 16.7 Å². The van der Waals surface area contributed by atoms with Crippen molar-refractivity contribution in [1.82, 2.24) is 15.3 Å². The van der Waals surface area contributed by atoms with Gasteiger partial charge in [-0.05, 0) is 47.2 Å². The van der Waals surface area contributed by atoms with E-state index in [-0.39, 0.29) is 6.54 Å². The van der Waals surface area contributed by atoms with Crippen molar-refractivity contribution in [1.29, 1.82) is 0 Å². The Morgan fingerprint density at radius 1 is 0.821 bits per heavy atom. The standard InChI is InChI=1S/C21H20F3N3S/c1-28-19-8-6-16(7-9-19)20(14-27-15-21(22,23)24,17-4-2-10-25-12-17)18-5-3-11-26-13-18/h2-13,27H,14-15H2,1H3. The lowest BCUT2D eigenvalue weighted by molar-refractivity contribution is -0.125. The molecule has 2 heterocycles. The number of aromatic nitrogens is 2. The van der Waals surface area contributed by atoms with Gasteiger partial charge in [-0.2, -0.15) is 13.2 Å². The Labute approximate surface area is 166 Å². The van der Waals surface area contributed by atoms with Crippen LogP contribution in [0, 0.1) is 0 Å². The van der Waals surface area contributed by atoms with Crippen LogP contribution in [0.15, 0.2) is 78.2 Å². The first kappa shape index (κ1) is 20.4. The van der Waals surface area contributed by atoms with Crippen molar-refractivity contribution >= 4 is 11.8 Å². The summed E-state index contributed by atoms with van der Waals surface area (Å²) in [6, 6.07) is 15.2. The topological polar surface area (TPSA) is 37.8 Å². The molecule has 146 valence electrons. The normalized spacial score (nSPS) is 12.1. The largest absolute Gasteiger partial charge is 0.401 e. The highest BCUT2D eigenvalue weighted by Gasteiger charge is 2.38. The summed E-state index contributed by atoms with van der Waals surface area (Å²) in [5, 5.41) is 2.60. The molecule has 1 aromatic carbocycles. The fourth-order valence-corrected chi connectivity index (χ4v) is 3.71. The lowest BCUT2D eigenvalue weighted by Gasteiger charge is -2.36. The van der Waals surface area contributed by atoms with Crippen molar-refractivity contribution < 1.29 is 13.2 Å². The first-order valence-electron chi connectivity index (χ1n) is 8.69. The summed E-state index contributed by atoms with van der Waals surface area (Å²) < 4.78 is 38.5. The molecule has 0 aliphatic rings. The zero-order valence-corrected chi connectivity index (χ0v) is 16.1. The maximum Gasteiger partial charge on any atom is 0.401 e. The van der Waals surface area contributed by atoms with Gasteiger partial charge in [0.1, 0.15) is 0 Å². The van der Waals surface area contributed by atoms with E-state index in [1.54, 1.807) is 48.7 Å². The van der Waals surface area contributed by atoms with E-state index in [4.69, 9.17) is 0 Å². The third-order valence-corrected chi connectivity index (χ3v) is 5.35. The van der Waals surface area contributed by atoms with Gasteiger partial charge in [-0.15, -0.1) is 11.8 Å². The summed E-state index contributed by atoms with van der Waals surface area (Å²) in [5.41, 5.74) is 1.62. The minimum Gasteiger partial charge on any atom is -0.307 e. The van der Waals surface area contributed by atoms with E-state index in [0.717, 1.165) is 21.6 Å². The van der Waals surface area contributed by atoms with Crippen LogP contribution < -0.4 is 5.32 Å². The van der Waals surface area contributed by atoms with Gasteiger partial charge < -0.3 is 5.32 Å². The van der Waals surface area contributed by atoms with Gasteiger partial charge in [0.05, 0.1) is 12.0 Å². The molecule has 3 aromatic rings. The summed E-state index contributed by atoms with van der Waals surface area (Å²) in [6.45, 7) is -1.01. The Kier molecular flexibility index (Phi) is 6.36. The third-order valence-electron chi connectivity index (χ3n) is 4.61. The zero-order valence-electron chi connectivity index (χ0n) is 15.3. The third kappa shape index (κ3) is 4.54. The van der Waals surface area contributed by atoms with Gasteiger partial charge in [0, 0.05) is 36.2 Å². The van der Waals surface area contributed by atoms with Crippen LogP contribution in [0.4, 0.5) is 13.2 Å². The van der Waals surface area contributed by atoms with E-state index in [0.29, 0.717) is 0 Å². The van der Waals surface area contributed by atoms with E-state index < -0.39 is 18.1 Å². The van der Waals surface area contributed by atoms with Gasteiger partial charge in [-0.3, -0.25) is 9.97 Å².